The van der Waals surface area contributed by atoms with Gasteiger partial charge in [-0.2, -0.15) is 0 Å². The molecule has 1 saturated heterocycles. The number of halogens is 1. The molecule has 2 heterocycles. The van der Waals surface area contributed by atoms with E-state index < -0.39 is 22.0 Å². The lowest BCUT2D eigenvalue weighted by Gasteiger charge is -2.57. The molecule has 6 atom stereocenters. The van der Waals surface area contributed by atoms with Crippen molar-refractivity contribution in [1.82, 2.24) is 9.62 Å². The van der Waals surface area contributed by atoms with Crippen LogP contribution in [0.5, 0.6) is 11.5 Å². The number of rotatable bonds is 6. The maximum absolute atomic E-state index is 14.0. The summed E-state index contributed by atoms with van der Waals surface area (Å²) >= 11 is 3.55. The topological polar surface area (TPSA) is 112 Å². The highest BCUT2D eigenvalue weighted by atomic mass is 79.9. The number of methoxy groups -OCH3 is 1. The average Bonchev–Trinajstić information content (AvgIpc) is 3.50. The van der Waals surface area contributed by atoms with Crippen molar-refractivity contribution in [1.29, 1.82) is 0 Å². The summed E-state index contributed by atoms with van der Waals surface area (Å²) in [5.41, 5.74) is 0.0847. The second-order valence-electron chi connectivity index (χ2n) is 11.9. The van der Waals surface area contributed by atoms with E-state index in [-0.39, 0.29) is 29.2 Å². The molecular weight excluding hydrogens is 608 g/mol. The lowest BCUT2D eigenvalue weighted by atomic mass is 9.57. The molecule has 2 bridgehead atoms. The minimum Gasteiger partial charge on any atom is -0.504 e. The molecule has 7 rings (SSSR count). The summed E-state index contributed by atoms with van der Waals surface area (Å²) in [5, 5.41) is 27.5. The minimum atomic E-state index is -1.48. The van der Waals surface area contributed by atoms with Crippen molar-refractivity contribution in [3.8, 4) is 11.5 Å². The maximum atomic E-state index is 14.0. The number of carbonyl (C=O) groups excluding carboxylic acids is 1. The van der Waals surface area contributed by atoms with Crippen LogP contribution in [0.4, 0.5) is 0 Å². The Morgan fingerprint density at radius 2 is 2.10 bits per heavy atom. The molecule has 1 aromatic heterocycles. The Balaban J connectivity index is 1.27. The zero-order valence-electron chi connectivity index (χ0n) is 22.5. The number of carbonyl (C=O) groups is 1. The van der Waals surface area contributed by atoms with Crippen molar-refractivity contribution in [3.63, 3.8) is 0 Å². The second kappa shape index (κ2) is 9.55. The number of nitrogens with one attached hydrogen (secondary N) is 1. The highest BCUT2D eigenvalue weighted by Crippen LogP contribution is 2.73. The fourth-order valence-corrected chi connectivity index (χ4v) is 10.7. The molecule has 4 aliphatic rings. The van der Waals surface area contributed by atoms with E-state index in [0.29, 0.717) is 54.9 Å². The van der Waals surface area contributed by atoms with Gasteiger partial charge in [0.1, 0.15) is 11.0 Å². The molecule has 1 amide bonds. The first kappa shape index (κ1) is 26.9. The van der Waals surface area contributed by atoms with Gasteiger partial charge >= 0.3 is 0 Å². The van der Waals surface area contributed by atoms with Crippen LogP contribution in [-0.4, -0.2) is 56.0 Å². The summed E-state index contributed by atoms with van der Waals surface area (Å²) in [7, 11) is 0.0387. The maximum Gasteiger partial charge on any atom is 0.244 e. The quantitative estimate of drug-likeness (QED) is 0.344. The van der Waals surface area contributed by atoms with Crippen molar-refractivity contribution in [3.05, 3.63) is 82.2 Å². The van der Waals surface area contributed by atoms with E-state index in [0.717, 1.165) is 15.6 Å². The number of nitrogens with zero attached hydrogens (tertiary/aromatic N) is 1. The number of benzene rings is 2. The Labute approximate surface area is 249 Å². The number of aliphatic hydroxyl groups is 1. The first-order valence-electron chi connectivity index (χ1n) is 13.8. The van der Waals surface area contributed by atoms with Gasteiger partial charge in [0.25, 0.3) is 0 Å². The summed E-state index contributed by atoms with van der Waals surface area (Å²) in [6.45, 7) is 0.576. The average molecular weight is 640 g/mol. The number of phenols is 1. The van der Waals surface area contributed by atoms with Crippen LogP contribution in [-0.2, 0) is 27.6 Å². The molecule has 5 unspecified atom stereocenters. The molecular formula is C31H31BrN2O6S. The minimum absolute atomic E-state index is 0.0462. The molecule has 2 spiro atoms. The zero-order valence-corrected chi connectivity index (χ0v) is 24.9. The van der Waals surface area contributed by atoms with Crippen LogP contribution in [0.25, 0.3) is 6.08 Å². The number of fused-ring (bicyclic) bond motifs is 2. The molecule has 2 saturated carbocycles. The van der Waals surface area contributed by atoms with Gasteiger partial charge in [0.05, 0.1) is 36.2 Å². The van der Waals surface area contributed by atoms with E-state index >= 15 is 0 Å². The summed E-state index contributed by atoms with van der Waals surface area (Å²) in [5.74, 6) is 0.180. The van der Waals surface area contributed by atoms with E-state index in [9.17, 15) is 19.2 Å². The molecule has 1 aliphatic heterocycles. The largest absolute Gasteiger partial charge is 0.504 e. The van der Waals surface area contributed by atoms with Gasteiger partial charge in [-0.05, 0) is 83.9 Å². The lowest BCUT2D eigenvalue weighted by molar-refractivity contribution is -0.128. The van der Waals surface area contributed by atoms with E-state index in [1.54, 1.807) is 30.7 Å². The van der Waals surface area contributed by atoms with Crippen molar-refractivity contribution in [2.24, 2.45) is 5.41 Å². The van der Waals surface area contributed by atoms with Crippen molar-refractivity contribution < 1.29 is 28.4 Å². The van der Waals surface area contributed by atoms with Gasteiger partial charge in [-0.1, -0.05) is 18.2 Å². The number of amides is 1. The number of phenolic OH excluding ortho intramolecular Hbond substituents is 1. The van der Waals surface area contributed by atoms with Gasteiger partial charge in [-0.3, -0.25) is 4.79 Å². The van der Waals surface area contributed by atoms with E-state index in [4.69, 9.17) is 9.15 Å². The second-order valence-corrected chi connectivity index (χ2v) is 14.1. The zero-order chi connectivity index (χ0) is 28.6. The third kappa shape index (κ3) is 3.84. The molecule has 3 aromatic rings. The molecule has 214 valence electrons. The number of aromatic hydroxyl groups is 1. The van der Waals surface area contributed by atoms with Crippen LogP contribution >= 0.6 is 15.9 Å². The third-order valence-electron chi connectivity index (χ3n) is 9.77. The fraction of sp³-hybridized carbons (Fsp3) is 0.387. The Morgan fingerprint density at radius 1 is 1.27 bits per heavy atom. The van der Waals surface area contributed by atoms with Crippen LogP contribution in [0.2, 0.25) is 0 Å². The normalized spacial score (nSPS) is 32.5. The van der Waals surface area contributed by atoms with Gasteiger partial charge < -0.3 is 24.7 Å². The molecule has 3 aliphatic carbocycles. The first-order chi connectivity index (χ1) is 19.7. The van der Waals surface area contributed by atoms with Gasteiger partial charge in [0.15, 0.2) is 11.5 Å². The highest BCUT2D eigenvalue weighted by Gasteiger charge is 2.79. The number of hydrogen-bond donors (Lipinski definition) is 3. The molecule has 2 aromatic carbocycles. The summed E-state index contributed by atoms with van der Waals surface area (Å²) in [4.78, 5) is 13.6. The Hall–Kier alpha value is -2.92. The van der Waals surface area contributed by atoms with E-state index in [1.807, 2.05) is 34.6 Å². The van der Waals surface area contributed by atoms with Crippen LogP contribution in [0.3, 0.4) is 0 Å². The Bertz CT molecular complexity index is 1590. The molecule has 3 fully saturated rings. The van der Waals surface area contributed by atoms with Crippen LogP contribution in [0.1, 0.15) is 42.4 Å². The van der Waals surface area contributed by atoms with E-state index in [1.165, 1.54) is 13.2 Å². The molecule has 0 radical (unpaired) electrons. The van der Waals surface area contributed by atoms with Crippen molar-refractivity contribution in [2.75, 3.05) is 13.7 Å². The number of hydrogen-bond acceptors (Lipinski definition) is 6. The SMILES string of the molecule is COc1ccc2c(c1O)[C@@]13CC(NC(=O)/C=C/c4ccoc4)CCC1(O)C1N(S(=O)c4ccccc4Br)CC1(C2)C3. The smallest absolute Gasteiger partial charge is 0.244 e. The lowest BCUT2D eigenvalue weighted by Crippen LogP contribution is -2.71. The van der Waals surface area contributed by atoms with Crippen LogP contribution in [0, 0.1) is 5.41 Å². The molecule has 3 N–H and O–H groups in total. The van der Waals surface area contributed by atoms with Crippen LogP contribution < -0.4 is 10.1 Å². The van der Waals surface area contributed by atoms with Gasteiger partial charge in [0, 0.05) is 45.1 Å². The first-order valence-corrected chi connectivity index (χ1v) is 15.7. The van der Waals surface area contributed by atoms with Gasteiger partial charge in [-0.15, -0.1) is 0 Å². The predicted molar refractivity (Wildman–Crippen MR) is 157 cm³/mol. The summed E-state index contributed by atoms with van der Waals surface area (Å²) in [6, 6.07) is 12.4. The van der Waals surface area contributed by atoms with Crippen LogP contribution in [0.15, 0.2) is 74.9 Å². The molecule has 10 heteroatoms. The highest BCUT2D eigenvalue weighted by molar-refractivity contribution is 9.10. The molecule has 8 nitrogen and oxygen atoms in total. The fourth-order valence-electron chi connectivity index (χ4n) is 8.38. The van der Waals surface area contributed by atoms with Gasteiger partial charge in [0.2, 0.25) is 5.91 Å². The van der Waals surface area contributed by atoms with E-state index in [2.05, 4.69) is 21.2 Å². The standard InChI is InChI=1S/C31H31BrN2O6S/c1-39-23-8-7-20-14-29-17-30(26(20)27(23)36)15-21(33-25(35)9-6-19-11-13-40-16-19)10-12-31(30,37)28(29)34(18-29)41(38)24-5-3-2-4-22(24)32/h2-9,11,13,16,21,28,36-37H,10,12,14-15,17-18H2,1H3,(H,33,35)/b9-6+/t21?,28?,29?,30-,31?,41?/m0/s1. The predicted octanol–water partition coefficient (Wildman–Crippen LogP) is 4.46. The van der Waals surface area contributed by atoms with Gasteiger partial charge in [-0.25, -0.2) is 8.51 Å². The summed E-state index contributed by atoms with van der Waals surface area (Å²) < 4.78 is 27.2. The number of furan rings is 1. The number of ether oxygens (including phenoxy) is 1. The van der Waals surface area contributed by atoms with Crippen molar-refractivity contribution >= 4 is 38.9 Å². The van der Waals surface area contributed by atoms with Crippen molar-refractivity contribution in [2.45, 2.75) is 60.1 Å². The Kier molecular flexibility index (Phi) is 6.28. The molecule has 41 heavy (non-hydrogen) atoms. The summed E-state index contributed by atoms with van der Waals surface area (Å²) in [6.07, 6.45) is 9.02. The Morgan fingerprint density at radius 3 is 2.85 bits per heavy atom. The monoisotopic (exact) mass is 638 g/mol. The third-order valence-corrected chi connectivity index (χ3v) is 12.2.